The number of rotatable bonds is 4. The lowest BCUT2D eigenvalue weighted by atomic mass is 9.88. The molecular formula is C14H18N2O. The van der Waals surface area contributed by atoms with Crippen LogP contribution in [0, 0.1) is 0 Å². The molecule has 90 valence electrons. The molecule has 1 unspecified atom stereocenters. The molecule has 17 heavy (non-hydrogen) atoms. The van der Waals surface area contributed by atoms with Crippen LogP contribution in [-0.4, -0.2) is 14.9 Å². The van der Waals surface area contributed by atoms with E-state index in [0.29, 0.717) is 6.42 Å². The van der Waals surface area contributed by atoms with Gasteiger partial charge in [0.15, 0.2) is 0 Å². The van der Waals surface area contributed by atoms with Gasteiger partial charge in [-0.05, 0) is 25.0 Å². The molecule has 3 heteroatoms. The van der Waals surface area contributed by atoms with Gasteiger partial charge in [0.2, 0.25) is 0 Å². The molecule has 0 aliphatic rings. The summed E-state index contributed by atoms with van der Waals surface area (Å²) in [7, 11) is 0. The highest BCUT2D eigenvalue weighted by molar-refractivity contribution is 5.31. The summed E-state index contributed by atoms with van der Waals surface area (Å²) in [5.41, 5.74) is 0.819. The van der Waals surface area contributed by atoms with E-state index in [2.05, 4.69) is 5.10 Å². The summed E-state index contributed by atoms with van der Waals surface area (Å²) in [6, 6.07) is 11.6. The number of aryl methyl sites for hydroxylation is 1. The predicted molar refractivity (Wildman–Crippen MR) is 67.6 cm³/mol. The Hall–Kier alpha value is -1.61. The zero-order chi connectivity index (χ0) is 12.3. The molecule has 0 aliphatic carbocycles. The van der Waals surface area contributed by atoms with Gasteiger partial charge in [0.25, 0.3) is 0 Å². The monoisotopic (exact) mass is 230 g/mol. The molecule has 0 aliphatic heterocycles. The second-order valence-corrected chi connectivity index (χ2v) is 4.11. The number of benzene rings is 1. The fraction of sp³-hybridized carbons (Fsp3) is 0.357. The van der Waals surface area contributed by atoms with Crippen LogP contribution in [-0.2, 0) is 12.1 Å². The van der Waals surface area contributed by atoms with E-state index in [9.17, 15) is 5.11 Å². The van der Waals surface area contributed by atoms with Crippen LogP contribution in [0.2, 0.25) is 0 Å². The van der Waals surface area contributed by atoms with Crippen LogP contribution in [0.4, 0.5) is 0 Å². The molecule has 1 N–H and O–H groups in total. The third-order valence-corrected chi connectivity index (χ3v) is 3.20. The summed E-state index contributed by atoms with van der Waals surface area (Å²) in [4.78, 5) is 0. The molecule has 1 aromatic carbocycles. The van der Waals surface area contributed by atoms with Crippen LogP contribution in [0.1, 0.15) is 31.5 Å². The molecule has 1 heterocycles. The minimum absolute atomic E-state index is 0.628. The third-order valence-electron chi connectivity index (χ3n) is 3.20. The van der Waals surface area contributed by atoms with Crippen molar-refractivity contribution in [2.24, 2.45) is 0 Å². The lowest BCUT2D eigenvalue weighted by molar-refractivity contribution is 0.0667. The van der Waals surface area contributed by atoms with Gasteiger partial charge in [0.1, 0.15) is 5.60 Å². The van der Waals surface area contributed by atoms with Crippen molar-refractivity contribution < 1.29 is 5.11 Å². The van der Waals surface area contributed by atoms with Crippen molar-refractivity contribution >= 4 is 0 Å². The van der Waals surface area contributed by atoms with Crippen LogP contribution >= 0.6 is 0 Å². The van der Waals surface area contributed by atoms with Gasteiger partial charge < -0.3 is 5.11 Å². The molecule has 0 spiro atoms. The van der Waals surface area contributed by atoms with E-state index in [0.717, 1.165) is 17.8 Å². The quantitative estimate of drug-likeness (QED) is 0.876. The average Bonchev–Trinajstić information content (AvgIpc) is 2.87. The maximum Gasteiger partial charge on any atom is 0.131 e. The summed E-state index contributed by atoms with van der Waals surface area (Å²) < 4.78 is 1.84. The number of hydrogen-bond donors (Lipinski definition) is 1. The molecule has 1 atom stereocenters. The minimum atomic E-state index is -0.951. The van der Waals surface area contributed by atoms with Gasteiger partial charge in [-0.2, -0.15) is 5.10 Å². The van der Waals surface area contributed by atoms with Gasteiger partial charge in [-0.15, -0.1) is 0 Å². The summed E-state index contributed by atoms with van der Waals surface area (Å²) in [6.45, 7) is 4.77. The van der Waals surface area contributed by atoms with Crippen LogP contribution in [0.3, 0.4) is 0 Å². The van der Waals surface area contributed by atoms with Crippen molar-refractivity contribution in [3.8, 4) is 0 Å². The van der Waals surface area contributed by atoms with Gasteiger partial charge in [-0.25, -0.2) is 0 Å². The molecule has 0 radical (unpaired) electrons. The molecule has 0 fully saturated rings. The Morgan fingerprint density at radius 2 is 1.88 bits per heavy atom. The molecule has 0 amide bonds. The van der Waals surface area contributed by atoms with Gasteiger partial charge in [0, 0.05) is 12.7 Å². The van der Waals surface area contributed by atoms with Crippen molar-refractivity contribution in [2.75, 3.05) is 0 Å². The van der Waals surface area contributed by atoms with E-state index in [1.54, 1.807) is 6.20 Å². The number of nitrogens with zero attached hydrogens (tertiary/aromatic N) is 2. The number of aliphatic hydroxyl groups is 1. The first-order chi connectivity index (χ1) is 8.22. The van der Waals surface area contributed by atoms with Crippen molar-refractivity contribution in [3.05, 3.63) is 53.9 Å². The van der Waals surface area contributed by atoms with Gasteiger partial charge in [-0.1, -0.05) is 37.3 Å². The molecule has 2 rings (SSSR count). The summed E-state index contributed by atoms with van der Waals surface area (Å²) in [5.74, 6) is 0. The molecule has 0 saturated carbocycles. The van der Waals surface area contributed by atoms with E-state index < -0.39 is 5.60 Å². The average molecular weight is 230 g/mol. The van der Waals surface area contributed by atoms with Crippen LogP contribution in [0.5, 0.6) is 0 Å². The van der Waals surface area contributed by atoms with Crippen LogP contribution < -0.4 is 0 Å². The third kappa shape index (κ3) is 1.98. The smallest absolute Gasteiger partial charge is 0.131 e. The Kier molecular flexibility index (Phi) is 3.29. The highest BCUT2D eigenvalue weighted by Gasteiger charge is 2.32. The van der Waals surface area contributed by atoms with E-state index in [4.69, 9.17) is 0 Å². The fourth-order valence-corrected chi connectivity index (χ4v) is 2.18. The zero-order valence-corrected chi connectivity index (χ0v) is 10.3. The van der Waals surface area contributed by atoms with Crippen LogP contribution in [0.15, 0.2) is 42.6 Å². The molecule has 1 aromatic heterocycles. The summed E-state index contributed by atoms with van der Waals surface area (Å²) >= 11 is 0. The first-order valence-electron chi connectivity index (χ1n) is 6.02. The zero-order valence-electron chi connectivity index (χ0n) is 10.3. The van der Waals surface area contributed by atoms with E-state index >= 15 is 0 Å². The van der Waals surface area contributed by atoms with Gasteiger partial charge in [0.05, 0.1) is 5.69 Å². The highest BCUT2D eigenvalue weighted by atomic mass is 16.3. The van der Waals surface area contributed by atoms with Crippen molar-refractivity contribution in [2.45, 2.75) is 32.4 Å². The Labute approximate surface area is 102 Å². The number of aromatic nitrogens is 2. The van der Waals surface area contributed by atoms with Crippen LogP contribution in [0.25, 0.3) is 0 Å². The van der Waals surface area contributed by atoms with Crippen molar-refractivity contribution in [1.82, 2.24) is 9.78 Å². The molecule has 3 nitrogen and oxygen atoms in total. The molecular weight excluding hydrogens is 212 g/mol. The topological polar surface area (TPSA) is 38.0 Å². The second-order valence-electron chi connectivity index (χ2n) is 4.11. The Bertz CT molecular complexity index is 478. The Balaban J connectivity index is 2.52. The summed E-state index contributed by atoms with van der Waals surface area (Å²) in [6.07, 6.45) is 2.37. The van der Waals surface area contributed by atoms with Crippen molar-refractivity contribution in [3.63, 3.8) is 0 Å². The lowest BCUT2D eigenvalue weighted by Crippen LogP contribution is -2.29. The predicted octanol–water partition coefficient (Wildman–Crippen LogP) is 2.55. The van der Waals surface area contributed by atoms with E-state index in [-0.39, 0.29) is 0 Å². The largest absolute Gasteiger partial charge is 0.379 e. The maximum atomic E-state index is 10.9. The lowest BCUT2D eigenvalue weighted by Gasteiger charge is -2.28. The fourth-order valence-electron chi connectivity index (χ4n) is 2.18. The Morgan fingerprint density at radius 3 is 2.47 bits per heavy atom. The van der Waals surface area contributed by atoms with Gasteiger partial charge >= 0.3 is 0 Å². The maximum absolute atomic E-state index is 10.9. The summed E-state index contributed by atoms with van der Waals surface area (Å²) in [5, 5.41) is 15.1. The first kappa shape index (κ1) is 11.9. The second kappa shape index (κ2) is 4.72. The molecule has 0 saturated heterocycles. The Morgan fingerprint density at radius 1 is 1.18 bits per heavy atom. The number of hydrogen-bond acceptors (Lipinski definition) is 2. The standard InChI is InChI=1S/C14H18N2O/c1-3-14(17,12-8-6-5-7-9-12)13-10-11-15-16(13)4-2/h5-11,17H,3-4H2,1-2H3. The SMILES string of the molecule is CCn1nccc1C(O)(CC)c1ccccc1. The van der Waals surface area contributed by atoms with E-state index in [1.807, 2.05) is 54.9 Å². The normalized spacial score (nSPS) is 14.5. The highest BCUT2D eigenvalue weighted by Crippen LogP contribution is 2.32. The molecule has 2 aromatic rings. The van der Waals surface area contributed by atoms with Gasteiger partial charge in [-0.3, -0.25) is 4.68 Å². The molecule has 0 bridgehead atoms. The van der Waals surface area contributed by atoms with E-state index in [1.165, 1.54) is 0 Å². The minimum Gasteiger partial charge on any atom is -0.379 e. The van der Waals surface area contributed by atoms with Crippen molar-refractivity contribution in [1.29, 1.82) is 0 Å². The first-order valence-corrected chi connectivity index (χ1v) is 6.02.